The van der Waals surface area contributed by atoms with Crippen molar-refractivity contribution in [3.05, 3.63) is 70.0 Å². The molecule has 1 aliphatic carbocycles. The van der Waals surface area contributed by atoms with Crippen LogP contribution >= 0.6 is 23.2 Å². The first-order chi connectivity index (χ1) is 17.6. The fourth-order valence-electron chi connectivity index (χ4n) is 4.94. The lowest BCUT2D eigenvalue weighted by Crippen LogP contribution is -2.42. The minimum atomic E-state index is -0.410. The van der Waals surface area contributed by atoms with Gasteiger partial charge in [-0.3, -0.25) is 4.79 Å². The molecule has 0 aliphatic heterocycles. The number of amides is 1. The SMILES string of the molecule is CC(=O)Nc1ccc(NC2(c3nnnn3C(/C=C\c3ccc(Cl)cc3Cl)C(C)(C)C)CCCCC2)cc1. The molecule has 7 nitrogen and oxygen atoms in total. The van der Waals surface area contributed by atoms with Gasteiger partial charge in [-0.1, -0.05) is 81.5 Å². The van der Waals surface area contributed by atoms with E-state index < -0.39 is 5.54 Å². The molecule has 1 atom stereocenters. The molecule has 1 heterocycles. The van der Waals surface area contributed by atoms with Gasteiger partial charge in [-0.2, -0.15) is 0 Å². The van der Waals surface area contributed by atoms with Gasteiger partial charge in [0.05, 0.1) is 11.6 Å². The summed E-state index contributed by atoms with van der Waals surface area (Å²) in [6.07, 6.45) is 9.33. The minimum absolute atomic E-state index is 0.0928. The summed E-state index contributed by atoms with van der Waals surface area (Å²) in [7, 11) is 0. The normalized spacial score (nSPS) is 16.5. The van der Waals surface area contributed by atoms with E-state index >= 15 is 0 Å². The molecule has 1 aromatic heterocycles. The Bertz CT molecular complexity index is 1260. The summed E-state index contributed by atoms with van der Waals surface area (Å²) in [5, 5.41) is 21.0. The van der Waals surface area contributed by atoms with Gasteiger partial charge in [0.2, 0.25) is 5.91 Å². The van der Waals surface area contributed by atoms with E-state index in [9.17, 15) is 4.79 Å². The number of aromatic nitrogens is 4. The average molecular weight is 542 g/mol. The molecule has 9 heteroatoms. The average Bonchev–Trinajstić information content (AvgIpc) is 3.31. The van der Waals surface area contributed by atoms with E-state index in [1.165, 1.54) is 13.3 Å². The van der Waals surface area contributed by atoms with Crippen molar-refractivity contribution in [3.8, 4) is 0 Å². The molecule has 4 rings (SSSR count). The summed E-state index contributed by atoms with van der Waals surface area (Å²) in [5.74, 6) is 0.731. The van der Waals surface area contributed by atoms with Crippen LogP contribution in [0.4, 0.5) is 11.4 Å². The number of halogens is 2. The summed E-state index contributed by atoms with van der Waals surface area (Å²) in [6.45, 7) is 8.04. The van der Waals surface area contributed by atoms with E-state index in [1.54, 1.807) is 6.07 Å². The molecule has 37 heavy (non-hydrogen) atoms. The number of anilines is 2. The van der Waals surface area contributed by atoms with Crippen molar-refractivity contribution in [1.29, 1.82) is 0 Å². The molecule has 1 aliphatic rings. The van der Waals surface area contributed by atoms with E-state index in [1.807, 2.05) is 47.2 Å². The molecular formula is C28H34Cl2N6O. The first-order valence-electron chi connectivity index (χ1n) is 12.6. The molecule has 1 unspecified atom stereocenters. The number of tetrazole rings is 1. The van der Waals surface area contributed by atoms with Crippen LogP contribution in [0.15, 0.2) is 48.5 Å². The monoisotopic (exact) mass is 540 g/mol. The summed E-state index contributed by atoms with van der Waals surface area (Å²) < 4.78 is 1.96. The first kappa shape index (κ1) is 27.1. The van der Waals surface area contributed by atoms with Crippen LogP contribution in [0.1, 0.15) is 77.2 Å². The highest BCUT2D eigenvalue weighted by Crippen LogP contribution is 2.42. The molecule has 1 amide bonds. The van der Waals surface area contributed by atoms with Crippen molar-refractivity contribution < 1.29 is 4.79 Å². The largest absolute Gasteiger partial charge is 0.373 e. The van der Waals surface area contributed by atoms with Gasteiger partial charge >= 0.3 is 0 Å². The Balaban J connectivity index is 1.70. The van der Waals surface area contributed by atoms with Gasteiger partial charge in [-0.05, 0) is 70.6 Å². The van der Waals surface area contributed by atoms with Gasteiger partial charge in [0.1, 0.15) is 0 Å². The van der Waals surface area contributed by atoms with Crippen LogP contribution < -0.4 is 10.6 Å². The molecule has 0 saturated heterocycles. The van der Waals surface area contributed by atoms with Crippen LogP contribution in [-0.4, -0.2) is 26.1 Å². The number of carbonyl (C=O) groups is 1. The van der Waals surface area contributed by atoms with Crippen LogP contribution in [0.5, 0.6) is 0 Å². The Kier molecular flexibility index (Phi) is 8.24. The first-order valence-corrected chi connectivity index (χ1v) is 13.4. The standard InChI is InChI=1S/C28H34Cl2N6O/c1-19(37)31-22-11-13-23(14-12-22)32-28(16-6-5-7-17-28)26-33-34-35-36(26)25(27(2,3)4)15-9-20-8-10-21(29)18-24(20)30/h8-15,18,25,32H,5-7,16-17H2,1-4H3,(H,31,37)/b15-9-. The molecule has 196 valence electrons. The van der Waals surface area contributed by atoms with Gasteiger partial charge in [0.25, 0.3) is 0 Å². The molecule has 0 bridgehead atoms. The van der Waals surface area contributed by atoms with Crippen LogP contribution in [0.25, 0.3) is 6.08 Å². The third kappa shape index (κ3) is 6.51. The molecule has 3 aromatic rings. The second-order valence-electron chi connectivity index (χ2n) is 10.8. The van der Waals surface area contributed by atoms with Gasteiger partial charge < -0.3 is 10.6 Å². The van der Waals surface area contributed by atoms with Crippen LogP contribution in [0, 0.1) is 5.41 Å². The molecule has 1 fully saturated rings. The summed E-state index contributed by atoms with van der Waals surface area (Å²) in [6, 6.07) is 13.1. The fourth-order valence-corrected chi connectivity index (χ4v) is 5.41. The lowest BCUT2D eigenvalue weighted by Gasteiger charge is -2.39. The highest BCUT2D eigenvalue weighted by atomic mass is 35.5. The van der Waals surface area contributed by atoms with Crippen molar-refractivity contribution >= 4 is 46.6 Å². The highest BCUT2D eigenvalue weighted by Gasteiger charge is 2.41. The molecule has 2 N–H and O–H groups in total. The summed E-state index contributed by atoms with van der Waals surface area (Å²) >= 11 is 12.5. The van der Waals surface area contributed by atoms with Crippen molar-refractivity contribution in [2.45, 2.75) is 71.4 Å². The number of rotatable bonds is 7. The predicted molar refractivity (Wildman–Crippen MR) is 151 cm³/mol. The van der Waals surface area contributed by atoms with Crippen molar-refractivity contribution in [2.75, 3.05) is 10.6 Å². The smallest absolute Gasteiger partial charge is 0.221 e. The zero-order valence-electron chi connectivity index (χ0n) is 21.8. The maximum atomic E-state index is 11.4. The van der Waals surface area contributed by atoms with Crippen molar-refractivity contribution in [3.63, 3.8) is 0 Å². The maximum absolute atomic E-state index is 11.4. The Hall–Kier alpha value is -2.90. The number of carbonyl (C=O) groups excluding carboxylic acids is 1. The lowest BCUT2D eigenvalue weighted by molar-refractivity contribution is -0.114. The van der Waals surface area contributed by atoms with Crippen LogP contribution in [0.3, 0.4) is 0 Å². The van der Waals surface area contributed by atoms with E-state index in [4.69, 9.17) is 23.2 Å². The van der Waals surface area contributed by atoms with E-state index in [0.29, 0.717) is 10.0 Å². The van der Waals surface area contributed by atoms with Crippen LogP contribution in [-0.2, 0) is 10.3 Å². The van der Waals surface area contributed by atoms with Gasteiger partial charge in [-0.15, -0.1) is 5.10 Å². The quantitative estimate of drug-likeness (QED) is 0.323. The minimum Gasteiger partial charge on any atom is -0.373 e. The second-order valence-corrected chi connectivity index (χ2v) is 11.7. The van der Waals surface area contributed by atoms with Crippen LogP contribution in [0.2, 0.25) is 10.0 Å². The topological polar surface area (TPSA) is 84.7 Å². The second kappa shape index (κ2) is 11.2. The van der Waals surface area contributed by atoms with Gasteiger partial charge in [0, 0.05) is 28.3 Å². The number of hydrogen-bond donors (Lipinski definition) is 2. The van der Waals surface area contributed by atoms with Gasteiger partial charge in [0.15, 0.2) is 5.82 Å². The molecule has 0 radical (unpaired) electrons. The fraction of sp³-hybridized carbons (Fsp3) is 0.429. The summed E-state index contributed by atoms with van der Waals surface area (Å²) in [4.78, 5) is 11.4. The predicted octanol–water partition coefficient (Wildman–Crippen LogP) is 7.51. The number of hydrogen-bond acceptors (Lipinski definition) is 5. The maximum Gasteiger partial charge on any atom is 0.221 e. The van der Waals surface area contributed by atoms with E-state index in [0.717, 1.165) is 48.4 Å². The number of benzene rings is 2. The Morgan fingerprint density at radius 3 is 2.35 bits per heavy atom. The Labute approximate surface area is 228 Å². The number of nitrogens with one attached hydrogen (secondary N) is 2. The van der Waals surface area contributed by atoms with Crippen molar-refractivity contribution in [2.24, 2.45) is 5.41 Å². The zero-order chi connectivity index (χ0) is 26.6. The molecule has 1 saturated carbocycles. The number of nitrogens with zero attached hydrogens (tertiary/aromatic N) is 4. The van der Waals surface area contributed by atoms with Gasteiger partial charge in [-0.25, -0.2) is 4.68 Å². The van der Waals surface area contributed by atoms with E-state index in [2.05, 4.69) is 53.0 Å². The third-order valence-electron chi connectivity index (χ3n) is 6.79. The Morgan fingerprint density at radius 2 is 1.73 bits per heavy atom. The highest BCUT2D eigenvalue weighted by molar-refractivity contribution is 6.35. The molecular weight excluding hydrogens is 507 g/mol. The third-order valence-corrected chi connectivity index (χ3v) is 7.35. The Morgan fingerprint density at radius 1 is 1.05 bits per heavy atom. The van der Waals surface area contributed by atoms with E-state index in [-0.39, 0.29) is 17.4 Å². The molecule has 2 aromatic carbocycles. The number of allylic oxidation sites excluding steroid dienone is 1. The molecule has 0 spiro atoms. The lowest BCUT2D eigenvalue weighted by atomic mass is 9.79. The van der Waals surface area contributed by atoms with Crippen molar-refractivity contribution in [1.82, 2.24) is 20.2 Å². The summed E-state index contributed by atoms with van der Waals surface area (Å²) in [5.41, 5.74) is 2.03. The zero-order valence-corrected chi connectivity index (χ0v) is 23.3.